The second kappa shape index (κ2) is 11.8. The van der Waals surface area contributed by atoms with Gasteiger partial charge in [-0.05, 0) is 30.5 Å². The summed E-state index contributed by atoms with van der Waals surface area (Å²) in [5.41, 5.74) is 1.33. The molecule has 0 saturated carbocycles. The van der Waals surface area contributed by atoms with Crippen LogP contribution in [-0.4, -0.2) is 47.8 Å². The average Bonchev–Trinajstić information content (AvgIpc) is 2.74. The zero-order chi connectivity index (χ0) is 21.9. The SMILES string of the molecule is CC(CNC(C=O)C(C)C)NC(=O)C(Cc1ccccc1)NC(=O)c1cccnc1. The zero-order valence-electron chi connectivity index (χ0n) is 17.7. The van der Waals surface area contributed by atoms with Crippen molar-refractivity contribution >= 4 is 18.1 Å². The van der Waals surface area contributed by atoms with Crippen LogP contribution in [0.2, 0.25) is 0 Å². The first kappa shape index (κ1) is 23.2. The molecule has 1 heterocycles. The lowest BCUT2D eigenvalue weighted by Crippen LogP contribution is -2.53. The molecule has 0 spiro atoms. The van der Waals surface area contributed by atoms with E-state index in [-0.39, 0.29) is 29.8 Å². The molecule has 1 aromatic heterocycles. The van der Waals surface area contributed by atoms with Crippen LogP contribution in [0, 0.1) is 5.92 Å². The van der Waals surface area contributed by atoms with Crippen molar-refractivity contribution in [3.05, 3.63) is 66.0 Å². The predicted molar refractivity (Wildman–Crippen MR) is 116 cm³/mol. The standard InChI is InChI=1S/C23H30N4O3/c1-16(2)21(15-28)25-13-17(3)26-23(30)20(12-18-8-5-4-6-9-18)27-22(29)19-10-7-11-24-14-19/h4-11,14-17,20-21,25H,12-13H2,1-3H3,(H,26,30)(H,27,29). The zero-order valence-corrected chi connectivity index (χ0v) is 17.7. The van der Waals surface area contributed by atoms with Crippen molar-refractivity contribution < 1.29 is 14.4 Å². The topological polar surface area (TPSA) is 100 Å². The number of benzene rings is 1. The minimum Gasteiger partial charge on any atom is -0.351 e. The molecular formula is C23H30N4O3. The Morgan fingerprint density at radius 1 is 1.03 bits per heavy atom. The van der Waals surface area contributed by atoms with Gasteiger partial charge in [0.05, 0.1) is 11.6 Å². The van der Waals surface area contributed by atoms with Gasteiger partial charge < -0.3 is 20.7 Å². The van der Waals surface area contributed by atoms with Gasteiger partial charge >= 0.3 is 0 Å². The molecule has 1 aromatic carbocycles. The third-order valence-corrected chi connectivity index (χ3v) is 4.74. The molecule has 0 radical (unpaired) electrons. The number of pyridine rings is 1. The number of nitrogens with zero attached hydrogens (tertiary/aromatic N) is 1. The van der Waals surface area contributed by atoms with Gasteiger partial charge in [0, 0.05) is 31.4 Å². The van der Waals surface area contributed by atoms with Crippen LogP contribution in [0.5, 0.6) is 0 Å². The Kier molecular flexibility index (Phi) is 9.15. The summed E-state index contributed by atoms with van der Waals surface area (Å²) in [6.07, 6.45) is 4.29. The molecule has 2 amide bonds. The van der Waals surface area contributed by atoms with Gasteiger partial charge in [0.1, 0.15) is 12.3 Å². The fourth-order valence-corrected chi connectivity index (χ4v) is 2.95. The van der Waals surface area contributed by atoms with Crippen LogP contribution in [0.3, 0.4) is 0 Å². The van der Waals surface area contributed by atoms with E-state index in [0.29, 0.717) is 18.5 Å². The van der Waals surface area contributed by atoms with E-state index in [9.17, 15) is 14.4 Å². The predicted octanol–water partition coefficient (Wildman–Crippen LogP) is 1.74. The molecule has 0 aliphatic rings. The average molecular weight is 411 g/mol. The van der Waals surface area contributed by atoms with E-state index in [4.69, 9.17) is 0 Å². The normalized spacial score (nSPS) is 13.9. The fraction of sp³-hybridized carbons (Fsp3) is 0.391. The first-order valence-corrected chi connectivity index (χ1v) is 10.1. The minimum atomic E-state index is -0.741. The van der Waals surface area contributed by atoms with Crippen LogP contribution in [0.4, 0.5) is 0 Å². The summed E-state index contributed by atoms with van der Waals surface area (Å²) < 4.78 is 0. The van der Waals surface area contributed by atoms with Gasteiger partial charge in [0.15, 0.2) is 0 Å². The van der Waals surface area contributed by atoms with Crippen LogP contribution in [0.1, 0.15) is 36.7 Å². The summed E-state index contributed by atoms with van der Waals surface area (Å²) >= 11 is 0. The Labute approximate surface area is 177 Å². The Morgan fingerprint density at radius 2 is 1.77 bits per heavy atom. The molecule has 0 fully saturated rings. The molecule has 0 aliphatic carbocycles. The smallest absolute Gasteiger partial charge is 0.253 e. The van der Waals surface area contributed by atoms with Gasteiger partial charge in [0.2, 0.25) is 5.91 Å². The summed E-state index contributed by atoms with van der Waals surface area (Å²) in [6.45, 7) is 6.22. The van der Waals surface area contributed by atoms with Crippen LogP contribution in [-0.2, 0) is 16.0 Å². The molecular weight excluding hydrogens is 380 g/mol. The highest BCUT2D eigenvalue weighted by Gasteiger charge is 2.23. The van der Waals surface area contributed by atoms with Gasteiger partial charge in [-0.2, -0.15) is 0 Å². The quantitative estimate of drug-likeness (QED) is 0.490. The van der Waals surface area contributed by atoms with Gasteiger partial charge in [0.25, 0.3) is 5.91 Å². The van der Waals surface area contributed by atoms with E-state index in [1.54, 1.807) is 18.3 Å². The Morgan fingerprint density at radius 3 is 2.37 bits per heavy atom. The number of carbonyl (C=O) groups is 3. The maximum Gasteiger partial charge on any atom is 0.253 e. The maximum atomic E-state index is 12.9. The molecule has 7 heteroatoms. The summed E-state index contributed by atoms with van der Waals surface area (Å²) in [7, 11) is 0. The number of nitrogens with one attached hydrogen (secondary N) is 3. The van der Waals surface area contributed by atoms with E-state index in [2.05, 4.69) is 20.9 Å². The monoisotopic (exact) mass is 410 g/mol. The lowest BCUT2D eigenvalue weighted by molar-refractivity contribution is -0.123. The number of hydrogen-bond acceptors (Lipinski definition) is 5. The molecule has 0 aliphatic heterocycles. The van der Waals surface area contributed by atoms with E-state index in [1.807, 2.05) is 51.1 Å². The van der Waals surface area contributed by atoms with Crippen LogP contribution < -0.4 is 16.0 Å². The van der Waals surface area contributed by atoms with Gasteiger partial charge in [-0.3, -0.25) is 14.6 Å². The van der Waals surface area contributed by atoms with Crippen molar-refractivity contribution in [2.75, 3.05) is 6.54 Å². The molecule has 3 atom stereocenters. The lowest BCUT2D eigenvalue weighted by atomic mass is 10.0. The van der Waals surface area contributed by atoms with Gasteiger partial charge in [-0.25, -0.2) is 0 Å². The lowest BCUT2D eigenvalue weighted by Gasteiger charge is -2.23. The highest BCUT2D eigenvalue weighted by Crippen LogP contribution is 2.06. The summed E-state index contributed by atoms with van der Waals surface area (Å²) in [4.78, 5) is 40.6. The fourth-order valence-electron chi connectivity index (χ4n) is 2.95. The van der Waals surface area contributed by atoms with Crippen molar-refractivity contribution in [1.82, 2.24) is 20.9 Å². The van der Waals surface area contributed by atoms with Crippen molar-refractivity contribution in [3.8, 4) is 0 Å². The molecule has 3 unspecified atom stereocenters. The first-order valence-electron chi connectivity index (χ1n) is 10.1. The second-order valence-corrected chi connectivity index (χ2v) is 7.68. The number of amides is 2. The largest absolute Gasteiger partial charge is 0.351 e. The molecule has 0 saturated heterocycles. The molecule has 30 heavy (non-hydrogen) atoms. The third-order valence-electron chi connectivity index (χ3n) is 4.74. The first-order chi connectivity index (χ1) is 14.4. The van der Waals surface area contributed by atoms with Crippen molar-refractivity contribution in [2.24, 2.45) is 5.92 Å². The molecule has 7 nitrogen and oxygen atoms in total. The van der Waals surface area contributed by atoms with Crippen LogP contribution >= 0.6 is 0 Å². The highest BCUT2D eigenvalue weighted by molar-refractivity contribution is 5.97. The van der Waals surface area contributed by atoms with Crippen LogP contribution in [0.25, 0.3) is 0 Å². The summed E-state index contributed by atoms with van der Waals surface area (Å²) in [5.74, 6) is -0.474. The third kappa shape index (κ3) is 7.40. The van der Waals surface area contributed by atoms with E-state index < -0.39 is 6.04 Å². The van der Waals surface area contributed by atoms with Gasteiger partial charge in [-0.1, -0.05) is 44.2 Å². The van der Waals surface area contributed by atoms with Gasteiger partial charge in [-0.15, -0.1) is 0 Å². The highest BCUT2D eigenvalue weighted by atomic mass is 16.2. The molecule has 2 aromatic rings. The molecule has 0 bridgehead atoms. The number of rotatable bonds is 11. The van der Waals surface area contributed by atoms with Crippen molar-refractivity contribution in [2.45, 2.75) is 45.3 Å². The van der Waals surface area contributed by atoms with E-state index in [0.717, 1.165) is 11.8 Å². The number of hydrogen-bond donors (Lipinski definition) is 3. The minimum absolute atomic E-state index is 0.162. The summed E-state index contributed by atoms with van der Waals surface area (Å²) in [6, 6.07) is 11.6. The Balaban J connectivity index is 2.04. The molecule has 3 N–H and O–H groups in total. The van der Waals surface area contributed by atoms with Crippen molar-refractivity contribution in [3.63, 3.8) is 0 Å². The number of aromatic nitrogens is 1. The Bertz CT molecular complexity index is 812. The van der Waals surface area contributed by atoms with E-state index >= 15 is 0 Å². The maximum absolute atomic E-state index is 12.9. The number of aldehydes is 1. The summed E-state index contributed by atoms with van der Waals surface area (Å²) in [5, 5.41) is 8.89. The van der Waals surface area contributed by atoms with E-state index in [1.165, 1.54) is 6.20 Å². The number of carbonyl (C=O) groups excluding carboxylic acids is 3. The van der Waals surface area contributed by atoms with Crippen molar-refractivity contribution in [1.29, 1.82) is 0 Å². The molecule has 160 valence electrons. The molecule has 2 rings (SSSR count). The Hall–Kier alpha value is -3.06. The van der Waals surface area contributed by atoms with Crippen LogP contribution in [0.15, 0.2) is 54.9 Å². The second-order valence-electron chi connectivity index (χ2n) is 7.68.